The molecule has 2 unspecified atom stereocenters. The lowest BCUT2D eigenvalue weighted by Crippen LogP contribution is -2.50. The van der Waals surface area contributed by atoms with Crippen LogP contribution >= 0.6 is 16.5 Å². The minimum Gasteiger partial charge on any atom is -0.391 e. The van der Waals surface area contributed by atoms with Crippen LogP contribution in [0.3, 0.4) is 0 Å². The average Bonchev–Trinajstić information content (AvgIpc) is 3.27. The molecule has 0 aromatic heterocycles. The first-order valence-corrected chi connectivity index (χ1v) is 29.2. The van der Waals surface area contributed by atoms with Crippen LogP contribution in [-0.2, 0) is 22.5 Å². The first kappa shape index (κ1) is 65.5. The highest BCUT2D eigenvalue weighted by atomic mass is 31.2. The fraction of sp³-hybridized carbons (Fsp3) is 1.00. The molecule has 372 valence electrons. The Hall–Kier alpha value is 0.180. The smallest absolute Gasteiger partial charge is 0.328 e. The Morgan fingerprint density at radius 1 is 0.328 bits per heavy atom. The summed E-state index contributed by atoms with van der Waals surface area (Å²) in [6.45, 7) is 44.6. The minimum absolute atomic E-state index is 0.476. The van der Waals surface area contributed by atoms with Gasteiger partial charge in [-0.25, -0.2) is 4.31 Å². The largest absolute Gasteiger partial charge is 0.391 e. The highest BCUT2D eigenvalue weighted by Crippen LogP contribution is 2.47. The average molecular weight is 915 g/mol. The molecule has 0 amide bonds. The zero-order valence-corrected chi connectivity index (χ0v) is 45.6. The van der Waals surface area contributed by atoms with E-state index in [1.54, 1.807) is 0 Å². The van der Waals surface area contributed by atoms with Gasteiger partial charge in [0.2, 0.25) is 0 Å². The van der Waals surface area contributed by atoms with Gasteiger partial charge in [0.05, 0.1) is 85.1 Å². The lowest BCUT2D eigenvalue weighted by atomic mass is 10.1. The van der Waals surface area contributed by atoms with Crippen molar-refractivity contribution in [3.05, 3.63) is 0 Å². The maximum atomic E-state index is 10.4. The predicted octanol–water partition coefficient (Wildman–Crippen LogP) is 15.2. The summed E-state index contributed by atoms with van der Waals surface area (Å²) in [6.07, 6.45) is 32.1. The predicted molar refractivity (Wildman–Crippen MR) is 270 cm³/mol. The van der Waals surface area contributed by atoms with Crippen LogP contribution < -0.4 is 0 Å². The second kappa shape index (κ2) is 46.7. The molecule has 9 nitrogen and oxygen atoms in total. The van der Waals surface area contributed by atoms with Crippen molar-refractivity contribution in [2.75, 3.05) is 85.1 Å². The molecule has 0 aliphatic carbocycles. The normalized spacial score (nSPS) is 16.8. The monoisotopic (exact) mass is 915 g/mol. The summed E-state index contributed by atoms with van der Waals surface area (Å²) in [5, 5.41) is 8.38. The van der Waals surface area contributed by atoms with E-state index >= 15 is 0 Å². The number of quaternary nitrogens is 3. The van der Waals surface area contributed by atoms with Crippen LogP contribution in [0, 0.1) is 0 Å². The van der Waals surface area contributed by atoms with Gasteiger partial charge in [-0.05, 0) is 77.0 Å². The third-order valence-electron chi connectivity index (χ3n) is 12.6. The van der Waals surface area contributed by atoms with E-state index in [9.17, 15) is 9.13 Å². The molecule has 0 radical (unpaired) electrons. The van der Waals surface area contributed by atoms with Gasteiger partial charge in [0, 0.05) is 0 Å². The Morgan fingerprint density at radius 3 is 0.590 bits per heavy atom. The zero-order chi connectivity index (χ0) is 46.5. The molecule has 1 heterocycles. The molecule has 2 atom stereocenters. The van der Waals surface area contributed by atoms with Crippen LogP contribution in [0.4, 0.5) is 0 Å². The van der Waals surface area contributed by atoms with E-state index in [1.807, 2.05) is 0 Å². The molecule has 1 aliphatic rings. The van der Waals surface area contributed by atoms with Crippen molar-refractivity contribution in [3.8, 4) is 0 Å². The van der Waals surface area contributed by atoms with Gasteiger partial charge in [0.25, 0.3) is 0 Å². The van der Waals surface area contributed by atoms with E-state index < -0.39 is 29.4 Å². The van der Waals surface area contributed by atoms with Crippen molar-refractivity contribution in [3.63, 3.8) is 0 Å². The van der Waals surface area contributed by atoms with E-state index in [0.717, 1.165) is 0 Å². The standard InChI is InChI=1S/3C16H36N.C2H6O6P2/c3*1-5-9-13-17(14-10-6-2,15-11-7-3)16-12-8-4;3-1-2-6-9(4)8-10(5)7-2/h3*5-16H2,1-4H3;2-3,9-10H,1H2/q3*+1;. The van der Waals surface area contributed by atoms with Crippen molar-refractivity contribution in [1.29, 1.82) is 0 Å². The summed E-state index contributed by atoms with van der Waals surface area (Å²) >= 11 is 0. The number of hydrogen-bond acceptors (Lipinski definition) is 6. The molecule has 1 aliphatic heterocycles. The Labute approximate surface area is 384 Å². The van der Waals surface area contributed by atoms with Gasteiger partial charge in [-0.2, -0.15) is 0 Å². The summed E-state index contributed by atoms with van der Waals surface area (Å²) < 4.78 is 38.0. The molecule has 0 saturated carbocycles. The molecular weight excluding hydrogens is 801 g/mol. The van der Waals surface area contributed by atoms with Gasteiger partial charge >= 0.3 is 16.5 Å². The molecule has 1 saturated heterocycles. The van der Waals surface area contributed by atoms with Crippen LogP contribution in [0.2, 0.25) is 0 Å². The quantitative estimate of drug-likeness (QED) is 0.0494. The second-order valence-corrected chi connectivity index (χ2v) is 20.7. The summed E-state index contributed by atoms with van der Waals surface area (Å²) in [6, 6.07) is 0. The third kappa shape index (κ3) is 37.0. The van der Waals surface area contributed by atoms with Gasteiger partial charge < -0.3 is 18.6 Å². The summed E-state index contributed by atoms with van der Waals surface area (Å²) in [5.74, 6) is 0. The third-order valence-corrected chi connectivity index (χ3v) is 14.8. The van der Waals surface area contributed by atoms with Gasteiger partial charge in [-0.1, -0.05) is 160 Å². The second-order valence-electron chi connectivity index (χ2n) is 18.4. The molecule has 0 aromatic rings. The number of rotatable bonds is 37. The van der Waals surface area contributed by atoms with Crippen LogP contribution in [0.5, 0.6) is 0 Å². The number of hydrogen-bond donors (Lipinski definition) is 1. The molecule has 0 aromatic carbocycles. The lowest BCUT2D eigenvalue weighted by Gasteiger charge is -2.39. The first-order valence-electron chi connectivity index (χ1n) is 26.7. The minimum atomic E-state index is -2.70. The van der Waals surface area contributed by atoms with Crippen LogP contribution in [0.25, 0.3) is 0 Å². The number of unbranched alkanes of at least 4 members (excludes halogenated alkanes) is 12. The van der Waals surface area contributed by atoms with Crippen LogP contribution in [-0.4, -0.2) is 110 Å². The van der Waals surface area contributed by atoms with Gasteiger partial charge in [-0.3, -0.25) is 18.2 Å². The van der Waals surface area contributed by atoms with E-state index in [1.165, 1.54) is 246 Å². The molecule has 1 rings (SSSR count). The Balaban J connectivity index is -0.000000746. The summed E-state index contributed by atoms with van der Waals surface area (Å²) in [5.41, 5.74) is 0. The number of aliphatic hydroxyl groups is 1. The van der Waals surface area contributed by atoms with E-state index in [4.69, 9.17) is 5.11 Å². The fourth-order valence-corrected chi connectivity index (χ4v) is 10.1. The molecule has 1 N–H and O–H groups in total. The van der Waals surface area contributed by atoms with Crippen molar-refractivity contribution in [1.82, 2.24) is 0 Å². The van der Waals surface area contributed by atoms with E-state index in [2.05, 4.69) is 96.4 Å². The maximum Gasteiger partial charge on any atom is 0.328 e. The zero-order valence-electron chi connectivity index (χ0n) is 43.6. The highest BCUT2D eigenvalue weighted by molar-refractivity contribution is 7.48. The molecule has 61 heavy (non-hydrogen) atoms. The molecule has 11 heteroatoms. The Kier molecular flexibility index (Phi) is 50.1. The van der Waals surface area contributed by atoms with Crippen molar-refractivity contribution in [2.24, 2.45) is 0 Å². The molecular formula is C50H114N3O6P2+3. The Morgan fingerprint density at radius 2 is 0.475 bits per heavy atom. The van der Waals surface area contributed by atoms with E-state index in [0.29, 0.717) is 0 Å². The SMILES string of the molecule is CCCC[N+](CCCC)(CCCC)CCCC.CCCC[N+](CCCC)(CCCC)CCCC.CCCC[N+](CCCC)(CCCC)CCCC.O=[PH]1OC(CO)O[PH](=O)O1. The summed E-state index contributed by atoms with van der Waals surface area (Å²) in [4.78, 5) is 0. The highest BCUT2D eigenvalue weighted by Gasteiger charge is 2.27. The topological polar surface area (TPSA) is 82.1 Å². The fourth-order valence-electron chi connectivity index (χ4n) is 8.36. The number of aliphatic hydroxyl groups excluding tert-OH is 1. The van der Waals surface area contributed by atoms with E-state index in [-0.39, 0.29) is 0 Å². The molecule has 0 spiro atoms. The molecule has 0 bridgehead atoms. The van der Waals surface area contributed by atoms with Gasteiger partial charge in [-0.15, -0.1) is 0 Å². The van der Waals surface area contributed by atoms with Crippen molar-refractivity contribution < 1.29 is 41.0 Å². The van der Waals surface area contributed by atoms with Gasteiger partial charge in [0.15, 0.2) is 6.29 Å². The lowest BCUT2D eigenvalue weighted by molar-refractivity contribution is -0.929. The first-order chi connectivity index (χ1) is 29.4. The van der Waals surface area contributed by atoms with Gasteiger partial charge in [0.1, 0.15) is 0 Å². The van der Waals surface area contributed by atoms with Crippen LogP contribution in [0.15, 0.2) is 0 Å². The van der Waals surface area contributed by atoms with Crippen molar-refractivity contribution in [2.45, 2.75) is 243 Å². The summed E-state index contributed by atoms with van der Waals surface area (Å²) in [7, 11) is -5.41. The van der Waals surface area contributed by atoms with Crippen LogP contribution in [0.1, 0.15) is 237 Å². The number of nitrogens with zero attached hydrogens (tertiary/aromatic N) is 3. The molecule has 1 fully saturated rings. The Bertz CT molecular complexity index is 733. The maximum absolute atomic E-state index is 10.4. The van der Waals surface area contributed by atoms with Crippen molar-refractivity contribution >= 4 is 16.5 Å².